The van der Waals surface area contributed by atoms with Crippen LogP contribution >= 0.6 is 0 Å². The lowest BCUT2D eigenvalue weighted by Crippen LogP contribution is -2.09. The lowest BCUT2D eigenvalue weighted by molar-refractivity contribution is 0.832. The molecule has 0 saturated heterocycles. The largest absolute Gasteiger partial charge is 0.330 e. The summed E-state index contributed by atoms with van der Waals surface area (Å²) in [7, 11) is 0. The molecule has 3 aromatic rings. The zero-order chi connectivity index (χ0) is 12.4. The zero-order valence-corrected chi connectivity index (χ0v) is 9.82. The zero-order valence-electron chi connectivity index (χ0n) is 9.82. The van der Waals surface area contributed by atoms with Crippen LogP contribution in [0, 0.1) is 0 Å². The molecule has 2 aromatic heterocycles. The van der Waals surface area contributed by atoms with Crippen LogP contribution in [0.4, 0.5) is 0 Å². The van der Waals surface area contributed by atoms with Crippen molar-refractivity contribution in [3.8, 4) is 5.82 Å². The molecule has 0 spiro atoms. The molecule has 2 heterocycles. The minimum absolute atomic E-state index is 0.564. The van der Waals surface area contributed by atoms with E-state index in [1.165, 1.54) is 6.33 Å². The number of nitrogens with two attached hydrogens (primary N) is 1. The standard InChI is InChI=1S/C13H13N5/c14-7-5-13-17-10-3-1-2-4-11(10)18(13)12-6-8-15-9-16-12/h1-4,6,8-9H,5,7,14H2. The molecule has 0 radical (unpaired) electrons. The normalized spacial score (nSPS) is 10.9. The van der Waals surface area contributed by atoms with E-state index in [1.54, 1.807) is 6.20 Å². The summed E-state index contributed by atoms with van der Waals surface area (Å²) in [5.74, 6) is 1.75. The Bertz CT molecular complexity index is 659. The van der Waals surface area contributed by atoms with Crippen LogP contribution < -0.4 is 5.73 Å². The van der Waals surface area contributed by atoms with E-state index in [9.17, 15) is 0 Å². The van der Waals surface area contributed by atoms with Crippen molar-refractivity contribution in [3.05, 3.63) is 48.7 Å². The van der Waals surface area contributed by atoms with Crippen LogP contribution in [0.1, 0.15) is 5.82 Å². The van der Waals surface area contributed by atoms with Gasteiger partial charge in [-0.25, -0.2) is 15.0 Å². The lowest BCUT2D eigenvalue weighted by Gasteiger charge is -2.06. The van der Waals surface area contributed by atoms with Crippen LogP contribution in [0.15, 0.2) is 42.9 Å². The molecule has 5 heteroatoms. The van der Waals surface area contributed by atoms with Crippen molar-refractivity contribution in [2.24, 2.45) is 5.73 Å². The predicted molar refractivity (Wildman–Crippen MR) is 69.4 cm³/mol. The van der Waals surface area contributed by atoms with Gasteiger partial charge in [0.15, 0.2) is 0 Å². The fourth-order valence-corrected chi connectivity index (χ4v) is 2.04. The third-order valence-electron chi connectivity index (χ3n) is 2.79. The van der Waals surface area contributed by atoms with Gasteiger partial charge >= 0.3 is 0 Å². The number of nitrogens with zero attached hydrogens (tertiary/aromatic N) is 4. The molecule has 0 fully saturated rings. The van der Waals surface area contributed by atoms with Gasteiger partial charge in [0.05, 0.1) is 11.0 Å². The van der Waals surface area contributed by atoms with E-state index in [0.717, 1.165) is 29.1 Å². The molecule has 3 rings (SSSR count). The van der Waals surface area contributed by atoms with E-state index >= 15 is 0 Å². The second-order valence-corrected chi connectivity index (χ2v) is 3.96. The average Bonchev–Trinajstić information content (AvgIpc) is 2.78. The third kappa shape index (κ3) is 1.74. The van der Waals surface area contributed by atoms with E-state index in [2.05, 4.69) is 15.0 Å². The molecule has 0 unspecified atom stereocenters. The van der Waals surface area contributed by atoms with Crippen molar-refractivity contribution < 1.29 is 0 Å². The molecule has 0 atom stereocenters. The van der Waals surface area contributed by atoms with E-state index < -0.39 is 0 Å². The number of hydrogen-bond acceptors (Lipinski definition) is 4. The van der Waals surface area contributed by atoms with Crippen LogP contribution in [-0.2, 0) is 6.42 Å². The van der Waals surface area contributed by atoms with Gasteiger partial charge in [0, 0.05) is 12.6 Å². The molecule has 2 N–H and O–H groups in total. The van der Waals surface area contributed by atoms with Gasteiger partial charge in [-0.05, 0) is 24.7 Å². The fourth-order valence-electron chi connectivity index (χ4n) is 2.04. The van der Waals surface area contributed by atoms with Crippen LogP contribution in [0.3, 0.4) is 0 Å². The molecule has 0 amide bonds. The molecule has 1 aromatic carbocycles. The summed E-state index contributed by atoms with van der Waals surface area (Å²) in [5, 5.41) is 0. The van der Waals surface area contributed by atoms with Gasteiger partial charge in [-0.15, -0.1) is 0 Å². The Morgan fingerprint density at radius 1 is 1.17 bits per heavy atom. The van der Waals surface area contributed by atoms with Crippen molar-refractivity contribution in [3.63, 3.8) is 0 Å². The van der Waals surface area contributed by atoms with Gasteiger partial charge in [-0.2, -0.15) is 0 Å². The van der Waals surface area contributed by atoms with Gasteiger partial charge in [-0.3, -0.25) is 4.57 Å². The summed E-state index contributed by atoms with van der Waals surface area (Å²) >= 11 is 0. The quantitative estimate of drug-likeness (QED) is 0.748. The maximum Gasteiger partial charge on any atom is 0.141 e. The highest BCUT2D eigenvalue weighted by atomic mass is 15.1. The third-order valence-corrected chi connectivity index (χ3v) is 2.79. The van der Waals surface area contributed by atoms with Gasteiger partial charge in [0.1, 0.15) is 18.0 Å². The van der Waals surface area contributed by atoms with Crippen molar-refractivity contribution >= 4 is 11.0 Å². The Hall–Kier alpha value is -2.27. The second kappa shape index (κ2) is 4.54. The molecule has 0 saturated carbocycles. The van der Waals surface area contributed by atoms with E-state index in [4.69, 9.17) is 5.73 Å². The van der Waals surface area contributed by atoms with Gasteiger partial charge < -0.3 is 5.73 Å². The van der Waals surface area contributed by atoms with Gasteiger partial charge in [-0.1, -0.05) is 12.1 Å². The van der Waals surface area contributed by atoms with Gasteiger partial charge in [0.25, 0.3) is 0 Å². The lowest BCUT2D eigenvalue weighted by atomic mass is 10.3. The van der Waals surface area contributed by atoms with Crippen LogP contribution in [-0.4, -0.2) is 26.1 Å². The van der Waals surface area contributed by atoms with Crippen LogP contribution in [0.5, 0.6) is 0 Å². The minimum Gasteiger partial charge on any atom is -0.330 e. The Morgan fingerprint density at radius 3 is 2.83 bits per heavy atom. The molecule has 0 bridgehead atoms. The molecule has 5 nitrogen and oxygen atoms in total. The Morgan fingerprint density at radius 2 is 2.06 bits per heavy atom. The number of imidazole rings is 1. The summed E-state index contributed by atoms with van der Waals surface area (Å²) < 4.78 is 2.03. The first kappa shape index (κ1) is 10.9. The monoisotopic (exact) mass is 239 g/mol. The highest BCUT2D eigenvalue weighted by Crippen LogP contribution is 2.19. The number of para-hydroxylation sites is 2. The van der Waals surface area contributed by atoms with Gasteiger partial charge in [0.2, 0.25) is 0 Å². The highest BCUT2D eigenvalue weighted by molar-refractivity contribution is 5.77. The minimum atomic E-state index is 0.564. The summed E-state index contributed by atoms with van der Waals surface area (Å²) in [6.07, 6.45) is 3.98. The van der Waals surface area contributed by atoms with Crippen molar-refractivity contribution in [1.29, 1.82) is 0 Å². The van der Waals surface area contributed by atoms with Crippen molar-refractivity contribution in [1.82, 2.24) is 19.5 Å². The SMILES string of the molecule is NCCc1nc2ccccc2n1-c1ccncn1. The fraction of sp³-hybridized carbons (Fsp3) is 0.154. The number of rotatable bonds is 3. The maximum atomic E-state index is 5.64. The molecule has 0 aliphatic rings. The molecular weight excluding hydrogens is 226 g/mol. The van der Waals surface area contributed by atoms with Crippen LogP contribution in [0.25, 0.3) is 16.9 Å². The predicted octanol–water partition coefficient (Wildman–Crippen LogP) is 1.32. The second-order valence-electron chi connectivity index (χ2n) is 3.96. The Labute approximate surface area is 104 Å². The molecule has 90 valence electrons. The van der Waals surface area contributed by atoms with E-state index in [1.807, 2.05) is 34.9 Å². The van der Waals surface area contributed by atoms with Crippen molar-refractivity contribution in [2.75, 3.05) is 6.54 Å². The number of hydrogen-bond donors (Lipinski definition) is 1. The van der Waals surface area contributed by atoms with Crippen LogP contribution in [0.2, 0.25) is 0 Å². The number of fused-ring (bicyclic) bond motifs is 1. The topological polar surface area (TPSA) is 69.6 Å². The maximum absolute atomic E-state index is 5.64. The summed E-state index contributed by atoms with van der Waals surface area (Å²) in [6, 6.07) is 9.87. The first-order chi connectivity index (χ1) is 8.90. The Kier molecular flexibility index (Phi) is 2.74. The van der Waals surface area contributed by atoms with E-state index in [0.29, 0.717) is 6.54 Å². The first-order valence-corrected chi connectivity index (χ1v) is 5.83. The first-order valence-electron chi connectivity index (χ1n) is 5.83. The number of benzene rings is 1. The van der Waals surface area contributed by atoms with Crippen molar-refractivity contribution in [2.45, 2.75) is 6.42 Å². The summed E-state index contributed by atoms with van der Waals surface area (Å²) in [4.78, 5) is 12.8. The molecule has 18 heavy (non-hydrogen) atoms. The smallest absolute Gasteiger partial charge is 0.141 e. The molecular formula is C13H13N5. The highest BCUT2D eigenvalue weighted by Gasteiger charge is 2.11. The summed E-state index contributed by atoms with van der Waals surface area (Å²) in [5.41, 5.74) is 7.64. The molecule has 0 aliphatic heterocycles. The average molecular weight is 239 g/mol. The summed E-state index contributed by atoms with van der Waals surface area (Å²) in [6.45, 7) is 0.564. The Balaban J connectivity index is 2.28. The number of aromatic nitrogens is 4. The molecule has 0 aliphatic carbocycles. The van der Waals surface area contributed by atoms with E-state index in [-0.39, 0.29) is 0 Å².